The van der Waals surface area contributed by atoms with Gasteiger partial charge in [-0.3, -0.25) is 14.9 Å². The van der Waals surface area contributed by atoms with E-state index in [9.17, 15) is 14.4 Å². The smallest absolute Gasteiger partial charge is 0.335 e. The van der Waals surface area contributed by atoms with Crippen LogP contribution in [0.5, 0.6) is 17.2 Å². The van der Waals surface area contributed by atoms with Crippen LogP contribution in [0, 0.1) is 0 Å². The third-order valence-electron chi connectivity index (χ3n) is 6.20. The number of hydrogen-bond acceptors (Lipinski definition) is 6. The Morgan fingerprint density at radius 1 is 0.846 bits per heavy atom. The number of anilines is 1. The molecule has 0 radical (unpaired) electrons. The van der Waals surface area contributed by atoms with Gasteiger partial charge in [0.1, 0.15) is 17.9 Å². The van der Waals surface area contributed by atoms with Gasteiger partial charge in [0.2, 0.25) is 0 Å². The van der Waals surface area contributed by atoms with Crippen LogP contribution in [0.1, 0.15) is 43.7 Å². The number of barbiturate groups is 1. The van der Waals surface area contributed by atoms with E-state index in [0.717, 1.165) is 36.1 Å². The number of amides is 4. The molecule has 39 heavy (non-hydrogen) atoms. The van der Waals surface area contributed by atoms with E-state index in [1.54, 1.807) is 42.5 Å². The normalized spacial score (nSPS) is 14.4. The molecule has 4 amide bonds. The van der Waals surface area contributed by atoms with Gasteiger partial charge in [-0.2, -0.15) is 0 Å². The van der Waals surface area contributed by atoms with E-state index in [4.69, 9.17) is 14.2 Å². The van der Waals surface area contributed by atoms with Gasteiger partial charge in [-0.1, -0.05) is 62.6 Å². The quantitative estimate of drug-likeness (QED) is 0.179. The highest BCUT2D eigenvalue weighted by Gasteiger charge is 2.36. The van der Waals surface area contributed by atoms with E-state index in [-0.39, 0.29) is 5.57 Å². The number of imide groups is 2. The molecule has 4 rings (SSSR count). The standard InChI is InChI=1S/C31H32N2O6/c1-3-4-5-9-18-38-27-17-12-23(20-28(27)37-2)19-26-29(34)32-31(36)33(30(26)35)24-13-15-25(16-14-24)39-21-22-10-7-6-8-11-22/h6-8,10-17,19-20H,3-5,9,18,21H2,1-2H3,(H,32,34,36)/b26-19-. The molecule has 1 aliphatic heterocycles. The van der Waals surface area contributed by atoms with Crippen LogP contribution in [-0.2, 0) is 16.2 Å². The number of unbranched alkanes of at least 4 members (excludes halogenated alkanes) is 3. The first-order chi connectivity index (χ1) is 19.0. The molecule has 8 heteroatoms. The molecule has 202 valence electrons. The molecule has 3 aromatic rings. The molecule has 3 aromatic carbocycles. The number of urea groups is 1. The lowest BCUT2D eigenvalue weighted by Crippen LogP contribution is -2.54. The van der Waals surface area contributed by atoms with Crippen molar-refractivity contribution in [2.45, 2.75) is 39.2 Å². The summed E-state index contributed by atoms with van der Waals surface area (Å²) in [6, 6.07) is 20.6. The van der Waals surface area contributed by atoms with Gasteiger partial charge in [-0.25, -0.2) is 9.69 Å². The van der Waals surface area contributed by atoms with Gasteiger partial charge >= 0.3 is 6.03 Å². The van der Waals surface area contributed by atoms with Crippen LogP contribution in [0.15, 0.2) is 78.4 Å². The summed E-state index contributed by atoms with van der Waals surface area (Å²) in [5, 5.41) is 2.25. The molecule has 0 aliphatic carbocycles. The number of ether oxygens (including phenoxy) is 3. The summed E-state index contributed by atoms with van der Waals surface area (Å²) < 4.78 is 17.1. The van der Waals surface area contributed by atoms with E-state index < -0.39 is 17.8 Å². The summed E-state index contributed by atoms with van der Waals surface area (Å²) in [5.74, 6) is 0.166. The number of nitrogens with one attached hydrogen (secondary N) is 1. The maximum absolute atomic E-state index is 13.3. The summed E-state index contributed by atoms with van der Waals surface area (Å²) in [6.45, 7) is 3.12. The van der Waals surface area contributed by atoms with Crippen molar-refractivity contribution in [3.8, 4) is 17.2 Å². The van der Waals surface area contributed by atoms with Gasteiger partial charge < -0.3 is 14.2 Å². The molecule has 0 aromatic heterocycles. The minimum atomic E-state index is -0.815. The Labute approximate surface area is 228 Å². The summed E-state index contributed by atoms with van der Waals surface area (Å²) in [4.78, 5) is 39.4. The third-order valence-corrected chi connectivity index (χ3v) is 6.20. The number of carbonyl (C=O) groups excluding carboxylic acids is 3. The molecular formula is C31H32N2O6. The maximum atomic E-state index is 13.3. The Hall–Kier alpha value is -4.59. The highest BCUT2D eigenvalue weighted by molar-refractivity contribution is 6.39. The molecule has 1 aliphatic rings. The molecule has 0 bridgehead atoms. The van der Waals surface area contributed by atoms with Crippen molar-refractivity contribution in [2.75, 3.05) is 18.6 Å². The lowest BCUT2D eigenvalue weighted by Gasteiger charge is -2.26. The van der Waals surface area contributed by atoms with Crippen LogP contribution in [0.2, 0.25) is 0 Å². The summed E-state index contributed by atoms with van der Waals surface area (Å²) >= 11 is 0. The predicted octanol–water partition coefficient (Wildman–Crippen LogP) is 5.90. The van der Waals surface area contributed by atoms with Crippen molar-refractivity contribution in [3.05, 3.63) is 89.5 Å². The molecule has 0 saturated carbocycles. The zero-order valence-electron chi connectivity index (χ0n) is 22.1. The number of nitrogens with zero attached hydrogens (tertiary/aromatic N) is 1. The van der Waals surface area contributed by atoms with Crippen molar-refractivity contribution in [3.63, 3.8) is 0 Å². The average molecular weight is 529 g/mol. The van der Waals surface area contributed by atoms with Crippen LogP contribution in [-0.4, -0.2) is 31.6 Å². The largest absolute Gasteiger partial charge is 0.493 e. The predicted molar refractivity (Wildman–Crippen MR) is 149 cm³/mol. The van der Waals surface area contributed by atoms with Gasteiger partial charge in [0.15, 0.2) is 11.5 Å². The Morgan fingerprint density at radius 3 is 2.33 bits per heavy atom. The van der Waals surface area contributed by atoms with Crippen LogP contribution >= 0.6 is 0 Å². The number of carbonyl (C=O) groups is 3. The summed E-state index contributed by atoms with van der Waals surface area (Å²) in [5.41, 5.74) is 1.72. The Balaban J connectivity index is 1.47. The van der Waals surface area contributed by atoms with Crippen molar-refractivity contribution >= 4 is 29.6 Å². The highest BCUT2D eigenvalue weighted by atomic mass is 16.5. The van der Waals surface area contributed by atoms with Crippen molar-refractivity contribution < 1.29 is 28.6 Å². The maximum Gasteiger partial charge on any atom is 0.335 e. The first kappa shape index (κ1) is 27.4. The molecule has 0 atom stereocenters. The number of rotatable bonds is 12. The number of hydrogen-bond donors (Lipinski definition) is 1. The highest BCUT2D eigenvalue weighted by Crippen LogP contribution is 2.30. The first-order valence-electron chi connectivity index (χ1n) is 13.0. The van der Waals surface area contributed by atoms with E-state index in [1.165, 1.54) is 13.2 Å². The molecule has 0 unspecified atom stereocenters. The van der Waals surface area contributed by atoms with E-state index in [2.05, 4.69) is 12.2 Å². The zero-order chi connectivity index (χ0) is 27.6. The fourth-order valence-electron chi connectivity index (χ4n) is 4.10. The number of methoxy groups -OCH3 is 1. The van der Waals surface area contributed by atoms with Gasteiger partial charge in [0, 0.05) is 0 Å². The van der Waals surface area contributed by atoms with Crippen LogP contribution in [0.25, 0.3) is 6.08 Å². The molecule has 1 heterocycles. The fourth-order valence-corrected chi connectivity index (χ4v) is 4.10. The lowest BCUT2D eigenvalue weighted by atomic mass is 10.1. The molecule has 0 spiro atoms. The average Bonchev–Trinajstić information content (AvgIpc) is 2.95. The molecule has 1 saturated heterocycles. The van der Waals surface area contributed by atoms with Crippen LogP contribution in [0.4, 0.5) is 10.5 Å². The van der Waals surface area contributed by atoms with Gasteiger partial charge in [0.05, 0.1) is 19.4 Å². The Bertz CT molecular complexity index is 1330. The molecule has 1 fully saturated rings. The second kappa shape index (κ2) is 13.3. The second-order valence-corrected chi connectivity index (χ2v) is 9.05. The summed E-state index contributed by atoms with van der Waals surface area (Å²) in [6.07, 6.45) is 5.79. The Morgan fingerprint density at radius 2 is 1.62 bits per heavy atom. The second-order valence-electron chi connectivity index (χ2n) is 9.05. The third kappa shape index (κ3) is 7.04. The SMILES string of the molecule is CCCCCCOc1ccc(/C=C2/C(=O)NC(=O)N(c3ccc(OCc4ccccc4)cc3)C2=O)cc1OC. The molecule has 1 N–H and O–H groups in total. The van der Waals surface area contributed by atoms with Gasteiger partial charge in [0.25, 0.3) is 11.8 Å². The zero-order valence-corrected chi connectivity index (χ0v) is 22.1. The van der Waals surface area contributed by atoms with E-state index in [0.29, 0.717) is 41.7 Å². The summed E-state index contributed by atoms with van der Waals surface area (Å²) in [7, 11) is 1.53. The van der Waals surface area contributed by atoms with Crippen LogP contribution < -0.4 is 24.4 Å². The van der Waals surface area contributed by atoms with Crippen molar-refractivity contribution in [1.29, 1.82) is 0 Å². The topological polar surface area (TPSA) is 94.2 Å². The molecule has 8 nitrogen and oxygen atoms in total. The number of benzene rings is 3. The van der Waals surface area contributed by atoms with E-state index >= 15 is 0 Å². The minimum absolute atomic E-state index is 0.172. The van der Waals surface area contributed by atoms with Crippen LogP contribution in [0.3, 0.4) is 0 Å². The monoisotopic (exact) mass is 528 g/mol. The van der Waals surface area contributed by atoms with E-state index in [1.807, 2.05) is 30.3 Å². The van der Waals surface area contributed by atoms with Crippen molar-refractivity contribution in [1.82, 2.24) is 5.32 Å². The molecular weight excluding hydrogens is 496 g/mol. The van der Waals surface area contributed by atoms with Gasteiger partial charge in [-0.05, 0) is 60.0 Å². The minimum Gasteiger partial charge on any atom is -0.493 e. The Kier molecular flexibility index (Phi) is 9.34. The van der Waals surface area contributed by atoms with Crippen molar-refractivity contribution in [2.24, 2.45) is 0 Å². The van der Waals surface area contributed by atoms with Gasteiger partial charge in [-0.15, -0.1) is 0 Å². The first-order valence-corrected chi connectivity index (χ1v) is 13.0. The lowest BCUT2D eigenvalue weighted by molar-refractivity contribution is -0.122. The fraction of sp³-hybridized carbons (Fsp3) is 0.258.